The van der Waals surface area contributed by atoms with Crippen LogP contribution in [0.3, 0.4) is 0 Å². The van der Waals surface area contributed by atoms with Crippen LogP contribution in [0.5, 0.6) is 5.88 Å². The first kappa shape index (κ1) is 16.9. The van der Waals surface area contributed by atoms with Crippen molar-refractivity contribution >= 4 is 0 Å². The van der Waals surface area contributed by atoms with Gasteiger partial charge in [-0.1, -0.05) is 0 Å². The van der Waals surface area contributed by atoms with Crippen molar-refractivity contribution < 1.29 is 13.9 Å². The first-order valence-corrected chi connectivity index (χ1v) is 6.95. The fourth-order valence-corrected chi connectivity index (χ4v) is 1.57. The highest BCUT2D eigenvalue weighted by Crippen LogP contribution is 2.18. The van der Waals surface area contributed by atoms with Crippen molar-refractivity contribution in [1.82, 2.24) is 10.3 Å². The Balaban J connectivity index is 2.74. The van der Waals surface area contributed by atoms with Crippen LogP contribution in [0.15, 0.2) is 12.3 Å². The number of halogens is 1. The predicted octanol–water partition coefficient (Wildman–Crippen LogP) is 2.91. The molecule has 0 fully saturated rings. The van der Waals surface area contributed by atoms with E-state index >= 15 is 0 Å². The minimum atomic E-state index is -0.361. The maximum atomic E-state index is 13.3. The third kappa shape index (κ3) is 6.30. The number of rotatable bonds is 7. The molecule has 0 aliphatic heterocycles. The lowest BCUT2D eigenvalue weighted by molar-refractivity contribution is 0.0626. The molecule has 5 heteroatoms. The summed E-state index contributed by atoms with van der Waals surface area (Å²) >= 11 is 0. The average molecular weight is 284 g/mol. The summed E-state index contributed by atoms with van der Waals surface area (Å²) in [6, 6.07) is 1.45. The first-order valence-electron chi connectivity index (χ1n) is 6.95. The van der Waals surface area contributed by atoms with Gasteiger partial charge >= 0.3 is 0 Å². The maximum absolute atomic E-state index is 13.3. The number of ether oxygens (including phenoxy) is 2. The molecule has 4 nitrogen and oxygen atoms in total. The van der Waals surface area contributed by atoms with E-state index in [4.69, 9.17) is 9.47 Å². The van der Waals surface area contributed by atoms with Crippen LogP contribution in [-0.2, 0) is 11.3 Å². The minimum Gasteiger partial charge on any atom is -0.472 e. The lowest BCUT2D eigenvalue weighted by Crippen LogP contribution is -2.35. The molecule has 0 aromatic carbocycles. The molecule has 1 rings (SSSR count). The molecular weight excluding hydrogens is 259 g/mol. The van der Waals surface area contributed by atoms with Crippen LogP contribution in [0.2, 0.25) is 0 Å². The summed E-state index contributed by atoms with van der Waals surface area (Å²) in [7, 11) is 0. The Morgan fingerprint density at radius 1 is 1.40 bits per heavy atom. The fourth-order valence-electron chi connectivity index (χ4n) is 1.57. The zero-order chi connectivity index (χ0) is 15.2. The number of hydrogen-bond donors (Lipinski definition) is 1. The Kier molecular flexibility index (Phi) is 6.36. The molecule has 0 aliphatic carbocycles. The normalized spacial score (nSPS) is 13.3. The molecule has 1 atom stereocenters. The summed E-state index contributed by atoms with van der Waals surface area (Å²) in [6.45, 7) is 11.6. The van der Waals surface area contributed by atoms with E-state index in [1.54, 1.807) is 0 Å². The number of hydrogen-bond acceptors (Lipinski definition) is 4. The Labute approximate surface area is 120 Å². The van der Waals surface area contributed by atoms with E-state index in [0.717, 1.165) is 0 Å². The first-order chi connectivity index (χ1) is 9.31. The molecule has 1 heterocycles. The van der Waals surface area contributed by atoms with E-state index in [1.807, 2.05) is 13.8 Å². The molecule has 1 aromatic heterocycles. The highest BCUT2D eigenvalue weighted by molar-refractivity contribution is 5.26. The summed E-state index contributed by atoms with van der Waals surface area (Å²) in [4.78, 5) is 4.03. The lowest BCUT2D eigenvalue weighted by Gasteiger charge is -2.22. The smallest absolute Gasteiger partial charge is 0.218 e. The number of nitrogens with one attached hydrogen (secondary N) is 1. The van der Waals surface area contributed by atoms with Gasteiger partial charge in [-0.05, 0) is 40.7 Å². The van der Waals surface area contributed by atoms with Crippen LogP contribution >= 0.6 is 0 Å². The molecule has 1 unspecified atom stereocenters. The molecule has 1 aromatic rings. The molecule has 0 saturated carbocycles. The van der Waals surface area contributed by atoms with Crippen molar-refractivity contribution in [3.63, 3.8) is 0 Å². The van der Waals surface area contributed by atoms with Crippen molar-refractivity contribution in [2.75, 3.05) is 13.2 Å². The van der Waals surface area contributed by atoms with E-state index in [9.17, 15) is 4.39 Å². The second-order valence-electron chi connectivity index (χ2n) is 5.81. The maximum Gasteiger partial charge on any atom is 0.218 e. The van der Waals surface area contributed by atoms with Gasteiger partial charge in [0.1, 0.15) is 11.9 Å². The van der Waals surface area contributed by atoms with Gasteiger partial charge in [0, 0.05) is 24.3 Å². The van der Waals surface area contributed by atoms with Crippen molar-refractivity contribution in [2.24, 2.45) is 0 Å². The van der Waals surface area contributed by atoms with E-state index in [2.05, 4.69) is 31.1 Å². The Morgan fingerprint density at radius 2 is 2.10 bits per heavy atom. The largest absolute Gasteiger partial charge is 0.472 e. The van der Waals surface area contributed by atoms with E-state index < -0.39 is 0 Å². The zero-order valence-corrected chi connectivity index (χ0v) is 13.0. The highest BCUT2D eigenvalue weighted by Gasteiger charge is 2.14. The zero-order valence-electron chi connectivity index (χ0n) is 13.0. The van der Waals surface area contributed by atoms with E-state index in [-0.39, 0.29) is 17.5 Å². The van der Waals surface area contributed by atoms with Gasteiger partial charge in [0.05, 0.1) is 12.8 Å². The molecule has 20 heavy (non-hydrogen) atoms. The van der Waals surface area contributed by atoms with E-state index in [0.29, 0.717) is 31.2 Å². The van der Waals surface area contributed by atoms with Gasteiger partial charge < -0.3 is 14.8 Å². The molecule has 0 amide bonds. The number of aromatic nitrogens is 1. The molecular formula is C15H25FN2O2. The molecule has 0 radical (unpaired) electrons. The Bertz CT molecular complexity index is 419. The monoisotopic (exact) mass is 284 g/mol. The Hall–Kier alpha value is -1.20. The van der Waals surface area contributed by atoms with Crippen LogP contribution in [0.4, 0.5) is 4.39 Å². The highest BCUT2D eigenvalue weighted by atomic mass is 19.1. The second kappa shape index (κ2) is 7.55. The van der Waals surface area contributed by atoms with Crippen molar-refractivity contribution in [3.05, 3.63) is 23.6 Å². The SMILES string of the molecule is CCOCC(C)Oc1ncc(F)cc1CNC(C)(C)C. The summed E-state index contributed by atoms with van der Waals surface area (Å²) < 4.78 is 24.4. The minimum absolute atomic E-state index is 0.0550. The fraction of sp³-hybridized carbons (Fsp3) is 0.667. The van der Waals surface area contributed by atoms with Gasteiger partial charge in [-0.25, -0.2) is 9.37 Å². The van der Waals surface area contributed by atoms with Gasteiger partial charge in [-0.3, -0.25) is 0 Å². The van der Waals surface area contributed by atoms with Crippen LogP contribution in [-0.4, -0.2) is 29.8 Å². The van der Waals surface area contributed by atoms with Crippen molar-refractivity contribution in [1.29, 1.82) is 0 Å². The van der Waals surface area contributed by atoms with Gasteiger partial charge in [0.2, 0.25) is 5.88 Å². The average Bonchev–Trinajstić information content (AvgIpc) is 2.35. The standard InChI is InChI=1S/C15H25FN2O2/c1-6-19-10-11(2)20-14-12(7-13(16)9-17-14)8-18-15(3,4)5/h7,9,11,18H,6,8,10H2,1-5H3. The molecule has 0 spiro atoms. The van der Waals surface area contributed by atoms with E-state index in [1.165, 1.54) is 12.3 Å². The van der Waals surface area contributed by atoms with Crippen molar-refractivity contribution in [3.8, 4) is 5.88 Å². The molecule has 114 valence electrons. The second-order valence-corrected chi connectivity index (χ2v) is 5.81. The van der Waals surface area contributed by atoms with Crippen LogP contribution in [0.25, 0.3) is 0 Å². The molecule has 1 N–H and O–H groups in total. The third-order valence-electron chi connectivity index (χ3n) is 2.57. The molecule has 0 saturated heterocycles. The summed E-state index contributed by atoms with van der Waals surface area (Å²) in [5.41, 5.74) is 0.656. The molecule has 0 bridgehead atoms. The van der Waals surface area contributed by atoms with Gasteiger partial charge in [0.15, 0.2) is 0 Å². The van der Waals surface area contributed by atoms with Crippen LogP contribution in [0.1, 0.15) is 40.2 Å². The lowest BCUT2D eigenvalue weighted by atomic mass is 10.1. The predicted molar refractivity (Wildman–Crippen MR) is 77.4 cm³/mol. The number of pyridine rings is 1. The number of nitrogens with zero attached hydrogens (tertiary/aromatic N) is 1. The summed E-state index contributed by atoms with van der Waals surface area (Å²) in [5, 5.41) is 3.30. The summed E-state index contributed by atoms with van der Waals surface area (Å²) in [5.74, 6) is 0.0934. The van der Waals surface area contributed by atoms with Crippen LogP contribution in [0, 0.1) is 5.82 Å². The quantitative estimate of drug-likeness (QED) is 0.836. The van der Waals surface area contributed by atoms with Gasteiger partial charge in [-0.2, -0.15) is 0 Å². The molecule has 0 aliphatic rings. The van der Waals surface area contributed by atoms with Gasteiger partial charge in [-0.15, -0.1) is 0 Å². The van der Waals surface area contributed by atoms with Crippen LogP contribution < -0.4 is 10.1 Å². The van der Waals surface area contributed by atoms with Gasteiger partial charge in [0.25, 0.3) is 0 Å². The Morgan fingerprint density at radius 3 is 2.70 bits per heavy atom. The van der Waals surface area contributed by atoms with Crippen molar-refractivity contribution in [2.45, 2.75) is 52.8 Å². The third-order valence-corrected chi connectivity index (χ3v) is 2.57. The topological polar surface area (TPSA) is 43.4 Å². The summed E-state index contributed by atoms with van der Waals surface area (Å²) in [6.07, 6.45) is 1.05.